The molecule has 0 atom stereocenters. The van der Waals surface area contributed by atoms with Crippen LogP contribution in [0.4, 0.5) is 0 Å². The van der Waals surface area contributed by atoms with Gasteiger partial charge in [-0.05, 0) is 31.4 Å². The minimum absolute atomic E-state index is 0.0747. The van der Waals surface area contributed by atoms with Crippen molar-refractivity contribution in [3.8, 4) is 0 Å². The normalized spacial score (nSPS) is 21.2. The summed E-state index contributed by atoms with van der Waals surface area (Å²) in [6.45, 7) is 8.51. The van der Waals surface area contributed by atoms with Gasteiger partial charge in [-0.15, -0.1) is 0 Å². The number of methoxy groups -OCH3 is 1. The number of piperazine rings is 1. The molecule has 0 spiro atoms. The molecule has 0 unspecified atom stereocenters. The number of nitrogens with zero attached hydrogens (tertiary/aromatic N) is 3. The highest BCUT2D eigenvalue weighted by atomic mass is 32.2. The van der Waals surface area contributed by atoms with Gasteiger partial charge < -0.3 is 4.74 Å². The Kier molecular flexibility index (Phi) is 5.51. The predicted molar refractivity (Wildman–Crippen MR) is 98.6 cm³/mol. The molecule has 0 aliphatic carbocycles. The third kappa shape index (κ3) is 3.90. The van der Waals surface area contributed by atoms with Gasteiger partial charge in [0.25, 0.3) is 10.2 Å². The van der Waals surface area contributed by atoms with Crippen molar-refractivity contribution in [3.05, 3.63) is 35.4 Å². The average molecular weight is 368 g/mol. The molecule has 6 nitrogen and oxygen atoms in total. The molecule has 0 saturated carbocycles. The molecule has 0 bridgehead atoms. The van der Waals surface area contributed by atoms with Crippen LogP contribution in [0.2, 0.25) is 0 Å². The van der Waals surface area contributed by atoms with Crippen molar-refractivity contribution in [1.82, 2.24) is 13.5 Å². The van der Waals surface area contributed by atoms with Gasteiger partial charge in [0.2, 0.25) is 0 Å². The Labute approximate surface area is 151 Å². The van der Waals surface area contributed by atoms with Crippen molar-refractivity contribution in [2.24, 2.45) is 0 Å². The van der Waals surface area contributed by atoms with Gasteiger partial charge >= 0.3 is 0 Å². The van der Waals surface area contributed by atoms with Gasteiger partial charge in [0, 0.05) is 51.9 Å². The second-order valence-corrected chi connectivity index (χ2v) is 9.42. The lowest BCUT2D eigenvalue weighted by molar-refractivity contribution is 0.0144. The Morgan fingerprint density at radius 3 is 2.28 bits per heavy atom. The first-order chi connectivity index (χ1) is 11.8. The molecule has 1 aromatic rings. The zero-order valence-electron chi connectivity index (χ0n) is 15.4. The molecule has 0 radical (unpaired) electrons. The molecular formula is C18H29N3O3S. The van der Waals surface area contributed by atoms with Gasteiger partial charge in [-0.3, -0.25) is 4.90 Å². The van der Waals surface area contributed by atoms with Crippen molar-refractivity contribution in [3.63, 3.8) is 0 Å². The summed E-state index contributed by atoms with van der Waals surface area (Å²) in [4.78, 5) is 2.31. The van der Waals surface area contributed by atoms with Crippen LogP contribution in [-0.2, 0) is 27.9 Å². The second kappa shape index (κ2) is 7.32. The Balaban J connectivity index is 1.65. The van der Waals surface area contributed by atoms with Crippen LogP contribution < -0.4 is 0 Å². The third-order valence-electron chi connectivity index (χ3n) is 5.34. The Hall–Kier alpha value is -0.990. The van der Waals surface area contributed by atoms with Crippen LogP contribution in [0.5, 0.6) is 0 Å². The predicted octanol–water partition coefficient (Wildman–Crippen LogP) is 1.33. The summed E-state index contributed by atoms with van der Waals surface area (Å²) in [6.07, 6.45) is 0.788. The van der Waals surface area contributed by atoms with E-state index in [1.165, 1.54) is 5.56 Å². The van der Waals surface area contributed by atoms with Crippen LogP contribution in [0.25, 0.3) is 0 Å². The van der Waals surface area contributed by atoms with Crippen LogP contribution in [0.1, 0.15) is 25.0 Å². The minimum atomic E-state index is -3.40. The smallest absolute Gasteiger partial charge is 0.282 e. The number of hydrogen-bond donors (Lipinski definition) is 0. The van der Waals surface area contributed by atoms with Crippen LogP contribution >= 0.6 is 0 Å². The van der Waals surface area contributed by atoms with Crippen molar-refractivity contribution in [1.29, 1.82) is 0 Å². The first-order valence-electron chi connectivity index (χ1n) is 8.90. The van der Waals surface area contributed by atoms with E-state index in [0.717, 1.165) is 25.1 Å². The number of fused-ring (bicyclic) bond motifs is 1. The fourth-order valence-electron chi connectivity index (χ4n) is 3.80. The highest BCUT2D eigenvalue weighted by molar-refractivity contribution is 7.86. The number of benzene rings is 1. The maximum Gasteiger partial charge on any atom is 0.282 e. The summed E-state index contributed by atoms with van der Waals surface area (Å²) < 4.78 is 34.7. The summed E-state index contributed by atoms with van der Waals surface area (Å²) in [5, 5.41) is 0. The molecule has 2 aliphatic rings. The molecule has 7 heteroatoms. The maximum absolute atomic E-state index is 13.0. The fraction of sp³-hybridized carbons (Fsp3) is 0.667. The lowest BCUT2D eigenvalue weighted by Crippen LogP contribution is -2.59. The minimum Gasteiger partial charge on any atom is -0.383 e. The van der Waals surface area contributed by atoms with E-state index >= 15 is 0 Å². The van der Waals surface area contributed by atoms with Gasteiger partial charge in [-0.2, -0.15) is 17.0 Å². The fourth-order valence-corrected chi connectivity index (χ4v) is 5.37. The summed E-state index contributed by atoms with van der Waals surface area (Å²) >= 11 is 0. The summed E-state index contributed by atoms with van der Waals surface area (Å²) in [5.74, 6) is 0. The lowest BCUT2D eigenvalue weighted by Gasteiger charge is -2.44. The van der Waals surface area contributed by atoms with E-state index in [4.69, 9.17) is 4.74 Å². The van der Waals surface area contributed by atoms with Crippen LogP contribution in [0.15, 0.2) is 24.3 Å². The molecule has 1 fully saturated rings. The molecule has 1 aromatic carbocycles. The Morgan fingerprint density at radius 1 is 1.00 bits per heavy atom. The monoisotopic (exact) mass is 367 g/mol. The Morgan fingerprint density at radius 2 is 1.64 bits per heavy atom. The molecule has 2 heterocycles. The maximum atomic E-state index is 13.0. The van der Waals surface area contributed by atoms with E-state index in [-0.39, 0.29) is 5.54 Å². The zero-order chi connectivity index (χ0) is 18.1. The molecule has 140 valence electrons. The first kappa shape index (κ1) is 18.8. The van der Waals surface area contributed by atoms with E-state index in [1.54, 1.807) is 15.7 Å². The molecule has 0 aromatic heterocycles. The van der Waals surface area contributed by atoms with Crippen molar-refractivity contribution in [2.45, 2.75) is 32.4 Å². The number of hydrogen-bond acceptors (Lipinski definition) is 4. The van der Waals surface area contributed by atoms with Gasteiger partial charge in [-0.25, -0.2) is 0 Å². The average Bonchev–Trinajstić information content (AvgIpc) is 2.61. The van der Waals surface area contributed by atoms with E-state index in [1.807, 2.05) is 18.2 Å². The van der Waals surface area contributed by atoms with E-state index in [9.17, 15) is 8.42 Å². The van der Waals surface area contributed by atoms with E-state index in [2.05, 4.69) is 24.8 Å². The van der Waals surface area contributed by atoms with E-state index < -0.39 is 10.2 Å². The zero-order valence-corrected chi connectivity index (χ0v) is 16.3. The highest BCUT2D eigenvalue weighted by Crippen LogP contribution is 2.24. The van der Waals surface area contributed by atoms with Crippen LogP contribution in [0.3, 0.4) is 0 Å². The number of rotatable bonds is 5. The molecule has 25 heavy (non-hydrogen) atoms. The summed E-state index contributed by atoms with van der Waals surface area (Å²) in [5.41, 5.74) is 2.31. The molecule has 1 saturated heterocycles. The molecule has 3 rings (SSSR count). The SMILES string of the molecule is COCC(C)(C)N1CCN(S(=O)(=O)N2CCc3ccccc3C2)CC1. The van der Waals surface area contributed by atoms with Crippen molar-refractivity contribution in [2.75, 3.05) is 46.4 Å². The van der Waals surface area contributed by atoms with Crippen molar-refractivity contribution >= 4 is 10.2 Å². The largest absolute Gasteiger partial charge is 0.383 e. The molecule has 0 N–H and O–H groups in total. The summed E-state index contributed by atoms with van der Waals surface area (Å²) in [6, 6.07) is 8.12. The van der Waals surface area contributed by atoms with Crippen molar-refractivity contribution < 1.29 is 13.2 Å². The van der Waals surface area contributed by atoms with Gasteiger partial charge in [0.05, 0.1) is 6.61 Å². The summed E-state index contributed by atoms with van der Waals surface area (Å²) in [7, 11) is -1.70. The second-order valence-electron chi connectivity index (χ2n) is 7.49. The first-order valence-corrected chi connectivity index (χ1v) is 10.3. The Bertz CT molecular complexity index is 697. The molecule has 2 aliphatic heterocycles. The molecular weight excluding hydrogens is 338 g/mol. The topological polar surface area (TPSA) is 53.1 Å². The highest BCUT2D eigenvalue weighted by Gasteiger charge is 2.37. The molecule has 0 amide bonds. The third-order valence-corrected chi connectivity index (χ3v) is 7.32. The lowest BCUT2D eigenvalue weighted by atomic mass is 10.0. The van der Waals surface area contributed by atoms with Gasteiger partial charge in [0.1, 0.15) is 0 Å². The van der Waals surface area contributed by atoms with Gasteiger partial charge in [0.15, 0.2) is 0 Å². The quantitative estimate of drug-likeness (QED) is 0.788. The number of ether oxygens (including phenoxy) is 1. The van der Waals surface area contributed by atoms with Crippen LogP contribution in [-0.4, -0.2) is 73.9 Å². The standard InChI is InChI=1S/C18H29N3O3S/c1-18(2,15-24-3)19-10-12-20(13-11-19)25(22,23)21-9-8-16-6-4-5-7-17(16)14-21/h4-7H,8-15H2,1-3H3. The van der Waals surface area contributed by atoms with E-state index in [0.29, 0.717) is 32.8 Å². The van der Waals surface area contributed by atoms with Crippen LogP contribution in [0, 0.1) is 0 Å². The van der Waals surface area contributed by atoms with Gasteiger partial charge in [-0.1, -0.05) is 24.3 Å².